The van der Waals surface area contributed by atoms with Gasteiger partial charge in [-0.3, -0.25) is 9.78 Å². The SMILES string of the molecule is CN(C)c1cncc(-c2cccc(C(=O)N3CCCCCC3)c2)n1. The molecular formula is C19H24N4O. The Kier molecular flexibility index (Phi) is 5.08. The van der Waals surface area contributed by atoms with E-state index in [1.807, 2.05) is 48.2 Å². The fraction of sp³-hybridized carbons (Fsp3) is 0.421. The molecular weight excluding hydrogens is 300 g/mol. The van der Waals surface area contributed by atoms with Gasteiger partial charge in [-0.1, -0.05) is 25.0 Å². The predicted octanol–water partition coefficient (Wildman–Crippen LogP) is 3.23. The highest BCUT2D eigenvalue weighted by Crippen LogP contribution is 2.21. The summed E-state index contributed by atoms with van der Waals surface area (Å²) in [4.78, 5) is 25.6. The van der Waals surface area contributed by atoms with Crippen molar-refractivity contribution in [2.45, 2.75) is 25.7 Å². The Morgan fingerprint density at radius 1 is 1.08 bits per heavy atom. The maximum atomic E-state index is 12.8. The highest BCUT2D eigenvalue weighted by molar-refractivity contribution is 5.95. The van der Waals surface area contributed by atoms with Crippen LogP contribution in [0.4, 0.5) is 5.82 Å². The van der Waals surface area contributed by atoms with Crippen LogP contribution in [0.25, 0.3) is 11.3 Å². The average molecular weight is 324 g/mol. The summed E-state index contributed by atoms with van der Waals surface area (Å²) in [5, 5.41) is 0. The van der Waals surface area contributed by atoms with Crippen LogP contribution >= 0.6 is 0 Å². The van der Waals surface area contributed by atoms with E-state index >= 15 is 0 Å². The second-order valence-corrected chi connectivity index (χ2v) is 6.44. The molecule has 2 heterocycles. The number of benzene rings is 1. The highest BCUT2D eigenvalue weighted by Gasteiger charge is 2.17. The van der Waals surface area contributed by atoms with Crippen molar-refractivity contribution in [3.8, 4) is 11.3 Å². The summed E-state index contributed by atoms with van der Waals surface area (Å²) in [6.45, 7) is 1.72. The van der Waals surface area contributed by atoms with E-state index in [1.54, 1.807) is 12.4 Å². The number of nitrogens with zero attached hydrogens (tertiary/aromatic N) is 4. The lowest BCUT2D eigenvalue weighted by Gasteiger charge is -2.20. The molecule has 24 heavy (non-hydrogen) atoms. The van der Waals surface area contributed by atoms with Crippen LogP contribution in [0.5, 0.6) is 0 Å². The zero-order valence-electron chi connectivity index (χ0n) is 14.4. The first-order valence-electron chi connectivity index (χ1n) is 8.54. The second kappa shape index (κ2) is 7.43. The molecule has 0 aliphatic carbocycles. The van der Waals surface area contributed by atoms with E-state index in [-0.39, 0.29) is 5.91 Å². The molecule has 0 unspecified atom stereocenters. The van der Waals surface area contributed by atoms with E-state index in [2.05, 4.69) is 9.97 Å². The molecule has 0 spiro atoms. The lowest BCUT2D eigenvalue weighted by molar-refractivity contribution is 0.0761. The Morgan fingerprint density at radius 2 is 1.83 bits per heavy atom. The van der Waals surface area contributed by atoms with Gasteiger partial charge in [-0.15, -0.1) is 0 Å². The zero-order chi connectivity index (χ0) is 16.9. The van der Waals surface area contributed by atoms with Gasteiger partial charge in [0.25, 0.3) is 5.91 Å². The molecule has 1 aromatic carbocycles. The molecule has 3 rings (SSSR count). The van der Waals surface area contributed by atoms with E-state index in [0.717, 1.165) is 48.6 Å². The monoisotopic (exact) mass is 324 g/mol. The predicted molar refractivity (Wildman–Crippen MR) is 96.2 cm³/mol. The Morgan fingerprint density at radius 3 is 2.54 bits per heavy atom. The van der Waals surface area contributed by atoms with Crippen molar-refractivity contribution >= 4 is 11.7 Å². The van der Waals surface area contributed by atoms with Gasteiger partial charge in [-0.25, -0.2) is 4.98 Å². The zero-order valence-corrected chi connectivity index (χ0v) is 14.4. The molecule has 1 aliphatic rings. The van der Waals surface area contributed by atoms with E-state index in [9.17, 15) is 4.79 Å². The number of hydrogen-bond donors (Lipinski definition) is 0. The lowest BCUT2D eigenvalue weighted by Crippen LogP contribution is -2.31. The lowest BCUT2D eigenvalue weighted by atomic mass is 10.1. The summed E-state index contributed by atoms with van der Waals surface area (Å²) in [5.74, 6) is 0.923. The molecule has 1 aliphatic heterocycles. The number of amides is 1. The first-order valence-corrected chi connectivity index (χ1v) is 8.54. The van der Waals surface area contributed by atoms with Gasteiger partial charge in [-0.2, -0.15) is 0 Å². The minimum absolute atomic E-state index is 0.121. The van der Waals surface area contributed by atoms with Gasteiger partial charge in [-0.05, 0) is 25.0 Å². The Balaban J connectivity index is 1.86. The molecule has 0 N–H and O–H groups in total. The third-order valence-electron chi connectivity index (χ3n) is 4.38. The first-order chi connectivity index (χ1) is 11.6. The van der Waals surface area contributed by atoms with Crippen LogP contribution < -0.4 is 4.90 Å². The van der Waals surface area contributed by atoms with Gasteiger partial charge < -0.3 is 9.80 Å². The maximum Gasteiger partial charge on any atom is 0.253 e. The topological polar surface area (TPSA) is 49.3 Å². The number of carbonyl (C=O) groups excluding carboxylic acids is 1. The molecule has 0 bridgehead atoms. The van der Waals surface area contributed by atoms with Crippen LogP contribution in [0, 0.1) is 0 Å². The van der Waals surface area contributed by atoms with Crippen LogP contribution in [-0.4, -0.2) is 48.0 Å². The van der Waals surface area contributed by atoms with Gasteiger partial charge in [0.05, 0.1) is 18.1 Å². The number of aromatic nitrogens is 2. The summed E-state index contributed by atoms with van der Waals surface area (Å²) in [5.41, 5.74) is 2.44. The quantitative estimate of drug-likeness (QED) is 0.870. The van der Waals surface area contributed by atoms with E-state index in [1.165, 1.54) is 12.8 Å². The molecule has 126 valence electrons. The molecule has 1 amide bonds. The molecule has 0 saturated carbocycles. The van der Waals surface area contributed by atoms with Crippen molar-refractivity contribution in [2.75, 3.05) is 32.1 Å². The number of likely N-dealkylation sites (tertiary alicyclic amines) is 1. The number of rotatable bonds is 3. The van der Waals surface area contributed by atoms with Crippen LogP contribution in [0.1, 0.15) is 36.0 Å². The molecule has 0 radical (unpaired) electrons. The van der Waals surface area contributed by atoms with Gasteiger partial charge in [0.2, 0.25) is 0 Å². The Labute approximate surface area is 143 Å². The number of hydrogen-bond acceptors (Lipinski definition) is 4. The van der Waals surface area contributed by atoms with E-state index in [0.29, 0.717) is 0 Å². The van der Waals surface area contributed by atoms with Crippen molar-refractivity contribution in [3.05, 3.63) is 42.2 Å². The average Bonchev–Trinajstić information content (AvgIpc) is 2.90. The van der Waals surface area contributed by atoms with E-state index < -0.39 is 0 Å². The third-order valence-corrected chi connectivity index (χ3v) is 4.38. The Bertz CT molecular complexity index is 706. The van der Waals surface area contributed by atoms with Gasteiger partial charge in [0, 0.05) is 38.3 Å². The maximum absolute atomic E-state index is 12.8. The van der Waals surface area contributed by atoms with Crippen molar-refractivity contribution in [1.82, 2.24) is 14.9 Å². The summed E-state index contributed by atoms with van der Waals surface area (Å²) in [7, 11) is 3.88. The molecule has 1 saturated heterocycles. The summed E-state index contributed by atoms with van der Waals surface area (Å²) >= 11 is 0. The molecule has 5 nitrogen and oxygen atoms in total. The first kappa shape index (κ1) is 16.4. The third kappa shape index (κ3) is 3.72. The highest BCUT2D eigenvalue weighted by atomic mass is 16.2. The van der Waals surface area contributed by atoms with E-state index in [4.69, 9.17) is 0 Å². The normalized spacial score (nSPS) is 15.0. The molecule has 0 atom stereocenters. The van der Waals surface area contributed by atoms with Crippen LogP contribution in [-0.2, 0) is 0 Å². The summed E-state index contributed by atoms with van der Waals surface area (Å²) < 4.78 is 0. The van der Waals surface area contributed by atoms with Gasteiger partial charge >= 0.3 is 0 Å². The van der Waals surface area contributed by atoms with Crippen molar-refractivity contribution in [1.29, 1.82) is 0 Å². The fourth-order valence-corrected chi connectivity index (χ4v) is 2.98. The van der Waals surface area contributed by atoms with Crippen molar-refractivity contribution in [2.24, 2.45) is 0 Å². The van der Waals surface area contributed by atoms with Crippen LogP contribution in [0.3, 0.4) is 0 Å². The van der Waals surface area contributed by atoms with Crippen molar-refractivity contribution in [3.63, 3.8) is 0 Å². The molecule has 2 aromatic rings. The second-order valence-electron chi connectivity index (χ2n) is 6.44. The molecule has 1 aromatic heterocycles. The molecule has 5 heteroatoms. The van der Waals surface area contributed by atoms with Crippen molar-refractivity contribution < 1.29 is 4.79 Å². The standard InChI is InChI=1S/C19H24N4O/c1-22(2)18-14-20-13-17(21-18)15-8-7-9-16(12-15)19(24)23-10-5-3-4-6-11-23/h7-9,12-14H,3-6,10-11H2,1-2H3. The van der Waals surface area contributed by atoms with Gasteiger partial charge in [0.15, 0.2) is 0 Å². The minimum Gasteiger partial charge on any atom is -0.361 e. The Hall–Kier alpha value is -2.43. The van der Waals surface area contributed by atoms with Crippen LogP contribution in [0.15, 0.2) is 36.7 Å². The minimum atomic E-state index is 0.121. The molecule has 1 fully saturated rings. The summed E-state index contributed by atoms with van der Waals surface area (Å²) in [6.07, 6.45) is 8.11. The summed E-state index contributed by atoms with van der Waals surface area (Å²) in [6, 6.07) is 7.71. The van der Waals surface area contributed by atoms with Gasteiger partial charge in [0.1, 0.15) is 5.82 Å². The largest absolute Gasteiger partial charge is 0.361 e. The smallest absolute Gasteiger partial charge is 0.253 e. The van der Waals surface area contributed by atoms with Crippen LogP contribution in [0.2, 0.25) is 0 Å². The number of anilines is 1. The number of carbonyl (C=O) groups is 1. The fourth-order valence-electron chi connectivity index (χ4n) is 2.98.